The van der Waals surface area contributed by atoms with Gasteiger partial charge in [0.1, 0.15) is 11.3 Å². The zero-order valence-corrected chi connectivity index (χ0v) is 12.1. The van der Waals surface area contributed by atoms with Gasteiger partial charge in [0.2, 0.25) is 0 Å². The molecule has 1 aliphatic rings. The Morgan fingerprint density at radius 3 is 2.63 bits per heavy atom. The Balaban J connectivity index is 2.38. The molecule has 0 spiro atoms. The van der Waals surface area contributed by atoms with Gasteiger partial charge in [-0.05, 0) is 18.9 Å². The van der Waals surface area contributed by atoms with E-state index in [-0.39, 0.29) is 32.9 Å². The summed E-state index contributed by atoms with van der Waals surface area (Å²) in [5.41, 5.74) is -0.117. The maximum atomic E-state index is 12.3. The Morgan fingerprint density at radius 1 is 1.32 bits per heavy atom. The third-order valence-corrected chi connectivity index (χ3v) is 4.12. The summed E-state index contributed by atoms with van der Waals surface area (Å²) < 4.78 is 0. The van der Waals surface area contributed by atoms with E-state index in [4.69, 9.17) is 34.8 Å². The van der Waals surface area contributed by atoms with E-state index in [0.717, 1.165) is 0 Å². The molecule has 1 amide bonds. The van der Waals surface area contributed by atoms with Crippen LogP contribution in [-0.4, -0.2) is 40.2 Å². The number of halogens is 3. The fourth-order valence-corrected chi connectivity index (χ4v) is 2.77. The fourth-order valence-electron chi connectivity index (χ4n) is 2.08. The van der Waals surface area contributed by atoms with Crippen LogP contribution in [0.5, 0.6) is 5.75 Å². The number of β-amino-alcohol motifs (C(OH)–C–C–N with tert-alkyl or cyclic N) is 1. The van der Waals surface area contributed by atoms with Crippen LogP contribution in [0.3, 0.4) is 0 Å². The summed E-state index contributed by atoms with van der Waals surface area (Å²) in [5.74, 6) is -0.869. The number of phenols is 1. The highest BCUT2D eigenvalue weighted by atomic mass is 35.5. The van der Waals surface area contributed by atoms with Crippen LogP contribution in [0.2, 0.25) is 15.1 Å². The summed E-state index contributed by atoms with van der Waals surface area (Å²) in [7, 11) is 0. The van der Waals surface area contributed by atoms with Crippen molar-refractivity contribution in [1.29, 1.82) is 0 Å². The van der Waals surface area contributed by atoms with E-state index in [1.165, 1.54) is 11.0 Å². The number of nitrogens with zero attached hydrogens (tertiary/aromatic N) is 1. The smallest absolute Gasteiger partial charge is 0.259 e. The molecule has 0 bridgehead atoms. The van der Waals surface area contributed by atoms with Gasteiger partial charge in [-0.2, -0.15) is 0 Å². The highest BCUT2D eigenvalue weighted by Gasteiger charge is 2.28. The molecule has 1 aromatic rings. The third-order valence-electron chi connectivity index (χ3n) is 3.04. The molecule has 104 valence electrons. The third kappa shape index (κ3) is 2.92. The maximum absolute atomic E-state index is 12.3. The van der Waals surface area contributed by atoms with Crippen LogP contribution in [0.25, 0.3) is 0 Å². The Bertz CT molecular complexity index is 495. The summed E-state index contributed by atoms with van der Waals surface area (Å²) in [6.07, 6.45) is 0.785. The first-order valence-corrected chi connectivity index (χ1v) is 6.89. The average molecular weight is 325 g/mol. The van der Waals surface area contributed by atoms with E-state index in [9.17, 15) is 15.0 Å². The first-order valence-electron chi connectivity index (χ1n) is 5.75. The summed E-state index contributed by atoms with van der Waals surface area (Å²) in [6, 6.07) is 1.28. The van der Waals surface area contributed by atoms with Crippen LogP contribution in [0.4, 0.5) is 0 Å². The number of hydrogen-bond donors (Lipinski definition) is 2. The van der Waals surface area contributed by atoms with Gasteiger partial charge in [-0.1, -0.05) is 34.8 Å². The fraction of sp³-hybridized carbons (Fsp3) is 0.417. The summed E-state index contributed by atoms with van der Waals surface area (Å²) in [5, 5.41) is 19.5. The molecule has 4 nitrogen and oxygen atoms in total. The molecular weight excluding hydrogens is 312 g/mol. The largest absolute Gasteiger partial charge is 0.505 e. The molecular formula is C12H12Cl3NO3. The van der Waals surface area contributed by atoms with Crippen molar-refractivity contribution in [2.75, 3.05) is 13.1 Å². The van der Waals surface area contributed by atoms with Gasteiger partial charge in [0, 0.05) is 13.1 Å². The number of carbonyl (C=O) groups is 1. The minimum absolute atomic E-state index is 0.0321. The van der Waals surface area contributed by atoms with Crippen LogP contribution in [0.1, 0.15) is 23.2 Å². The zero-order valence-electron chi connectivity index (χ0n) is 9.87. The topological polar surface area (TPSA) is 60.8 Å². The SMILES string of the molecule is O=C(c1c(O)c(Cl)cc(Cl)c1Cl)N1CCCC(O)C1. The summed E-state index contributed by atoms with van der Waals surface area (Å²) in [6.45, 7) is 0.703. The highest BCUT2D eigenvalue weighted by Crippen LogP contribution is 2.39. The number of amides is 1. The van der Waals surface area contributed by atoms with Crippen molar-refractivity contribution >= 4 is 40.7 Å². The first kappa shape index (κ1) is 14.7. The lowest BCUT2D eigenvalue weighted by Crippen LogP contribution is -2.42. The maximum Gasteiger partial charge on any atom is 0.259 e. The molecule has 19 heavy (non-hydrogen) atoms. The second-order valence-corrected chi connectivity index (χ2v) is 5.62. The molecule has 2 N–H and O–H groups in total. The number of hydrogen-bond acceptors (Lipinski definition) is 3. The molecule has 1 fully saturated rings. The van der Waals surface area contributed by atoms with Gasteiger partial charge < -0.3 is 15.1 Å². The molecule has 1 saturated heterocycles. The standard InChI is InChI=1S/C12H12Cl3NO3/c13-7-4-8(14)11(18)9(10(7)15)12(19)16-3-1-2-6(17)5-16/h4,6,17-18H,1-3,5H2. The van der Waals surface area contributed by atoms with Crippen molar-refractivity contribution in [3.05, 3.63) is 26.7 Å². The van der Waals surface area contributed by atoms with E-state index in [0.29, 0.717) is 19.4 Å². The Hall–Kier alpha value is -0.680. The number of aliphatic hydroxyl groups excluding tert-OH is 1. The highest BCUT2D eigenvalue weighted by molar-refractivity contribution is 6.45. The van der Waals surface area contributed by atoms with Gasteiger partial charge in [0.15, 0.2) is 0 Å². The van der Waals surface area contributed by atoms with Gasteiger partial charge in [0.25, 0.3) is 5.91 Å². The van der Waals surface area contributed by atoms with Crippen LogP contribution >= 0.6 is 34.8 Å². The Morgan fingerprint density at radius 2 is 2.00 bits per heavy atom. The molecule has 7 heteroatoms. The molecule has 2 rings (SSSR count). The van der Waals surface area contributed by atoms with Crippen LogP contribution in [0.15, 0.2) is 6.07 Å². The predicted molar refractivity (Wildman–Crippen MR) is 74.3 cm³/mol. The van der Waals surface area contributed by atoms with E-state index in [1.54, 1.807) is 0 Å². The number of carbonyl (C=O) groups excluding carboxylic acids is 1. The molecule has 1 unspecified atom stereocenters. The molecule has 0 aromatic heterocycles. The van der Waals surface area contributed by atoms with Gasteiger partial charge in [-0.3, -0.25) is 4.79 Å². The molecule has 1 atom stereocenters. The van der Waals surface area contributed by atoms with E-state index in [1.807, 2.05) is 0 Å². The first-order chi connectivity index (χ1) is 8.91. The Kier molecular flexibility index (Phi) is 4.46. The number of likely N-dealkylation sites (tertiary alicyclic amines) is 1. The van der Waals surface area contributed by atoms with E-state index < -0.39 is 12.0 Å². The van der Waals surface area contributed by atoms with Gasteiger partial charge >= 0.3 is 0 Å². The van der Waals surface area contributed by atoms with Crippen molar-refractivity contribution in [2.24, 2.45) is 0 Å². The van der Waals surface area contributed by atoms with Crippen LogP contribution in [-0.2, 0) is 0 Å². The zero-order chi connectivity index (χ0) is 14.2. The van der Waals surface area contributed by atoms with E-state index >= 15 is 0 Å². The lowest BCUT2D eigenvalue weighted by molar-refractivity contribution is 0.0471. The molecule has 1 heterocycles. The van der Waals surface area contributed by atoms with Gasteiger partial charge in [0.05, 0.1) is 21.2 Å². The minimum Gasteiger partial charge on any atom is -0.505 e. The number of rotatable bonds is 1. The normalized spacial score (nSPS) is 19.6. The molecule has 1 aromatic carbocycles. The van der Waals surface area contributed by atoms with Crippen LogP contribution in [0, 0.1) is 0 Å². The van der Waals surface area contributed by atoms with Gasteiger partial charge in [-0.15, -0.1) is 0 Å². The number of aromatic hydroxyl groups is 1. The predicted octanol–water partition coefficient (Wildman–Crippen LogP) is 2.95. The van der Waals surface area contributed by atoms with Gasteiger partial charge in [-0.25, -0.2) is 0 Å². The summed E-state index contributed by atoms with van der Waals surface area (Å²) in [4.78, 5) is 13.8. The van der Waals surface area contributed by atoms with Crippen molar-refractivity contribution in [3.8, 4) is 5.75 Å². The minimum atomic E-state index is -0.562. The lowest BCUT2D eigenvalue weighted by Gasteiger charge is -2.30. The number of benzene rings is 1. The number of piperidine rings is 1. The van der Waals surface area contributed by atoms with Crippen LogP contribution < -0.4 is 0 Å². The quantitative estimate of drug-likeness (QED) is 0.781. The molecule has 1 aliphatic heterocycles. The number of phenolic OH excluding ortho intramolecular Hbond substituents is 1. The lowest BCUT2D eigenvalue weighted by atomic mass is 10.1. The monoisotopic (exact) mass is 323 g/mol. The average Bonchev–Trinajstić information content (AvgIpc) is 2.36. The molecule has 0 aliphatic carbocycles. The van der Waals surface area contributed by atoms with Crippen molar-refractivity contribution in [3.63, 3.8) is 0 Å². The van der Waals surface area contributed by atoms with Crippen molar-refractivity contribution in [1.82, 2.24) is 4.90 Å². The second kappa shape index (κ2) is 5.75. The Labute approximate surface area is 125 Å². The molecule has 0 saturated carbocycles. The van der Waals surface area contributed by atoms with E-state index in [2.05, 4.69) is 0 Å². The van der Waals surface area contributed by atoms with Crippen molar-refractivity contribution < 1.29 is 15.0 Å². The number of aliphatic hydroxyl groups is 1. The molecule has 0 radical (unpaired) electrons. The summed E-state index contributed by atoms with van der Waals surface area (Å²) >= 11 is 17.6. The van der Waals surface area contributed by atoms with Crippen molar-refractivity contribution in [2.45, 2.75) is 18.9 Å². The second-order valence-electron chi connectivity index (χ2n) is 4.43.